The fourth-order valence-electron chi connectivity index (χ4n) is 5.70. The van der Waals surface area contributed by atoms with Gasteiger partial charge in [0, 0.05) is 65.4 Å². The van der Waals surface area contributed by atoms with Crippen LogP contribution in [0.4, 0.5) is 0 Å². The van der Waals surface area contributed by atoms with Gasteiger partial charge in [-0.15, -0.1) is 0 Å². The van der Waals surface area contributed by atoms with Gasteiger partial charge in [0.25, 0.3) is 20.2 Å². The van der Waals surface area contributed by atoms with Gasteiger partial charge in [-0.25, -0.2) is 0 Å². The van der Waals surface area contributed by atoms with Crippen molar-refractivity contribution in [2.24, 2.45) is 5.73 Å². The molecule has 1 heterocycles. The Balaban J connectivity index is 3.50. The van der Waals surface area contributed by atoms with E-state index >= 15 is 0 Å². The zero-order chi connectivity index (χ0) is 47.0. The van der Waals surface area contributed by atoms with Crippen molar-refractivity contribution in [3.63, 3.8) is 0 Å². The van der Waals surface area contributed by atoms with Gasteiger partial charge in [-0.05, 0) is 62.3 Å². The highest BCUT2D eigenvalue weighted by molar-refractivity contribution is 7.86. The smallest absolute Gasteiger partial charge is 0.320 e. The average Bonchev–Trinajstić information content (AvgIpc) is 3.03. The van der Waals surface area contributed by atoms with Gasteiger partial charge in [-0.2, -0.15) is 16.8 Å². The summed E-state index contributed by atoms with van der Waals surface area (Å²) in [5.41, 5.74) is 3.04. The van der Waals surface area contributed by atoms with E-state index in [-0.39, 0.29) is 85.1 Å². The zero-order valence-electron chi connectivity index (χ0n) is 36.9. The normalized spacial score (nSPS) is 17.4. The van der Waals surface area contributed by atoms with E-state index in [2.05, 4.69) is 10.6 Å². The lowest BCUT2D eigenvalue weighted by molar-refractivity contribution is -0.158. The molecule has 2 atom stereocenters. The molecule has 1 saturated heterocycles. The minimum Gasteiger partial charge on any atom is -0.459 e. The Kier molecular flexibility index (Phi) is 22.1. The minimum atomic E-state index is -4.97. The summed E-state index contributed by atoms with van der Waals surface area (Å²) < 4.78 is 82.9. The van der Waals surface area contributed by atoms with Crippen molar-refractivity contribution in [3.8, 4) is 0 Å². The molecule has 0 radical (unpaired) electrons. The second kappa shape index (κ2) is 24.3. The molecular formula is C36H68N8O15S2. The Bertz CT molecular complexity index is 1670. The van der Waals surface area contributed by atoms with E-state index in [1.807, 2.05) is 10.2 Å². The Morgan fingerprint density at radius 3 is 1.11 bits per heavy atom. The van der Waals surface area contributed by atoms with Crippen LogP contribution >= 0.6 is 0 Å². The minimum absolute atomic E-state index is 0.0692. The van der Waals surface area contributed by atoms with Crippen molar-refractivity contribution in [1.29, 1.82) is 0 Å². The molecule has 0 aliphatic carbocycles. The molecule has 0 aromatic heterocycles. The fraction of sp³-hybridized carbons (Fsp3) is 0.833. The molecule has 7 N–H and O–H groups in total. The molecule has 1 aliphatic rings. The second-order valence-corrected chi connectivity index (χ2v) is 20.6. The first-order valence-electron chi connectivity index (χ1n) is 19.8. The van der Waals surface area contributed by atoms with Gasteiger partial charge in [-0.1, -0.05) is 0 Å². The molecule has 23 nitrogen and oxygen atoms in total. The van der Waals surface area contributed by atoms with E-state index in [1.165, 1.54) is 0 Å². The monoisotopic (exact) mass is 916 g/mol. The molecule has 0 saturated carbocycles. The third-order valence-corrected chi connectivity index (χ3v) is 9.61. The van der Waals surface area contributed by atoms with E-state index in [0.717, 1.165) is 0 Å². The van der Waals surface area contributed by atoms with Crippen LogP contribution in [0, 0.1) is 0 Å². The van der Waals surface area contributed by atoms with Crippen LogP contribution < -0.4 is 21.7 Å². The van der Waals surface area contributed by atoms with Crippen molar-refractivity contribution in [2.75, 3.05) is 103 Å². The van der Waals surface area contributed by atoms with Crippen LogP contribution in [0.3, 0.4) is 0 Å². The molecule has 354 valence electrons. The first-order chi connectivity index (χ1) is 27.7. The van der Waals surface area contributed by atoms with E-state index in [4.69, 9.17) is 19.9 Å². The van der Waals surface area contributed by atoms with Gasteiger partial charge in [0.15, 0.2) is 0 Å². The van der Waals surface area contributed by atoms with Crippen molar-refractivity contribution < 1.29 is 68.9 Å². The quantitative estimate of drug-likeness (QED) is 0.0455. The number of hydrogen-bond acceptors (Lipinski definition) is 18. The highest BCUT2D eigenvalue weighted by Crippen LogP contribution is 2.12. The summed E-state index contributed by atoms with van der Waals surface area (Å²) in [6.07, 6.45) is 0. The van der Waals surface area contributed by atoms with E-state index in [9.17, 15) is 54.7 Å². The van der Waals surface area contributed by atoms with Crippen molar-refractivity contribution in [3.05, 3.63) is 0 Å². The van der Waals surface area contributed by atoms with Gasteiger partial charge >= 0.3 is 17.9 Å². The lowest BCUT2D eigenvalue weighted by Crippen LogP contribution is -2.58. The summed E-state index contributed by atoms with van der Waals surface area (Å²) in [5, 5.41) is 6.45. The summed E-state index contributed by atoms with van der Waals surface area (Å²) in [4.78, 5) is 85.4. The fourth-order valence-corrected chi connectivity index (χ4v) is 7.01. The molecule has 0 spiro atoms. The van der Waals surface area contributed by atoms with Crippen LogP contribution in [0.15, 0.2) is 0 Å². The van der Waals surface area contributed by atoms with Crippen molar-refractivity contribution in [1.82, 2.24) is 35.6 Å². The second-order valence-electron chi connectivity index (χ2n) is 17.6. The number of nitrogens with two attached hydrogens (primary N) is 1. The number of esters is 3. The third-order valence-electron chi connectivity index (χ3n) is 8.10. The molecule has 0 aromatic rings. The maximum Gasteiger partial charge on any atom is 0.320 e. The first-order valence-corrected chi connectivity index (χ1v) is 23.0. The summed E-state index contributed by atoms with van der Waals surface area (Å²) in [5.74, 6) is -7.63. The Morgan fingerprint density at radius 1 is 0.541 bits per heavy atom. The molecule has 0 aromatic carbocycles. The van der Waals surface area contributed by atoms with E-state index < -0.39 is 103 Å². The lowest BCUT2D eigenvalue weighted by atomic mass is 10.2. The Morgan fingerprint density at radius 2 is 0.836 bits per heavy atom. The maximum absolute atomic E-state index is 13.6. The topological polar surface area (TPSA) is 314 Å². The molecule has 1 fully saturated rings. The lowest BCUT2D eigenvalue weighted by Gasteiger charge is -2.34. The predicted octanol–water partition coefficient (Wildman–Crippen LogP) is -2.95. The molecule has 1 unspecified atom stereocenters. The molecule has 61 heavy (non-hydrogen) atoms. The van der Waals surface area contributed by atoms with Gasteiger partial charge < -0.3 is 35.9 Å². The van der Waals surface area contributed by atoms with Gasteiger partial charge in [0.2, 0.25) is 17.7 Å². The average molecular weight is 917 g/mol. The van der Waals surface area contributed by atoms with Gasteiger partial charge in [0.1, 0.15) is 40.4 Å². The van der Waals surface area contributed by atoms with Gasteiger partial charge in [-0.3, -0.25) is 57.5 Å². The van der Waals surface area contributed by atoms with Crippen LogP contribution in [0.25, 0.3) is 0 Å². The van der Waals surface area contributed by atoms with Crippen LogP contribution in [0.1, 0.15) is 62.3 Å². The number of amides is 3. The Labute approximate surface area is 359 Å². The highest BCUT2D eigenvalue weighted by Gasteiger charge is 2.33. The van der Waals surface area contributed by atoms with Crippen LogP contribution in [0.2, 0.25) is 0 Å². The zero-order valence-corrected chi connectivity index (χ0v) is 38.5. The summed E-state index contributed by atoms with van der Waals surface area (Å²) in [6, 6.07) is -4.00. The van der Waals surface area contributed by atoms with Crippen LogP contribution in [0.5, 0.6) is 0 Å². The molecular weight excluding hydrogens is 849 g/mol. The van der Waals surface area contributed by atoms with E-state index in [0.29, 0.717) is 0 Å². The largest absolute Gasteiger partial charge is 0.459 e. The van der Waals surface area contributed by atoms with Crippen LogP contribution in [-0.4, -0.2) is 213 Å². The molecule has 25 heteroatoms. The van der Waals surface area contributed by atoms with Crippen molar-refractivity contribution in [2.45, 2.75) is 91.2 Å². The number of carbonyl (C=O) groups excluding carboxylic acids is 6. The van der Waals surface area contributed by atoms with Crippen LogP contribution in [-0.2, 0) is 63.2 Å². The third kappa shape index (κ3) is 27.9. The molecule has 1 rings (SSSR count). The highest BCUT2D eigenvalue weighted by atomic mass is 32.2. The standard InChI is InChI=1S/C36H68N8O15S2/c1-34(2,3)57-29(46)21-42-14-12-41(13-15-43(22-30(47)58-35(4,5)6)17-19-44(18-16-42)23-31(48)59-36(7,8)9)20-28(45)39-27(25-61(54,55)56)33(50)40-26(24-60(51,52)53)32(49)38-11-10-37/h26-27H,10-25,37H2,1-9H3,(H,38,49)(H,39,45)(H,40,50)(H,51,52,53)(H,54,55,56)/t26-,27?/m0/s1. The van der Waals surface area contributed by atoms with Crippen molar-refractivity contribution >= 4 is 55.9 Å². The summed E-state index contributed by atoms with van der Waals surface area (Å²) >= 11 is 0. The first kappa shape index (κ1) is 55.5. The summed E-state index contributed by atoms with van der Waals surface area (Å²) in [6.45, 7) is 16.0. The number of hydrogen-bond donors (Lipinski definition) is 6. The number of carbonyl (C=O) groups is 6. The predicted molar refractivity (Wildman–Crippen MR) is 222 cm³/mol. The molecule has 1 aliphatic heterocycles. The molecule has 0 bridgehead atoms. The number of ether oxygens (including phenoxy) is 3. The Hall–Kier alpha value is -3.56. The number of nitrogens with zero attached hydrogens (tertiary/aromatic N) is 4. The molecule has 3 amide bonds. The maximum atomic E-state index is 13.6. The summed E-state index contributed by atoms with van der Waals surface area (Å²) in [7, 11) is -9.85. The van der Waals surface area contributed by atoms with Gasteiger partial charge in [0.05, 0.1) is 26.2 Å². The van der Waals surface area contributed by atoms with E-state index in [1.54, 1.807) is 77.0 Å². The number of nitrogens with one attached hydrogen (secondary N) is 3. The SMILES string of the molecule is CC(C)(C)OC(=O)CN1CCN(CC(=O)NC(CS(=O)(=O)O)C(=O)N[C@@H](CS(=O)(=O)O)C(=O)NCCN)CCN(CC(=O)OC(C)(C)C)CCN(CC(=O)OC(C)(C)C)CC1. The number of rotatable bonds is 18.